The van der Waals surface area contributed by atoms with Crippen LogP contribution in [0.15, 0.2) is 41.3 Å². The average Bonchev–Trinajstić information content (AvgIpc) is 2.33. The Labute approximate surface area is 115 Å². The molecule has 0 unspecified atom stereocenters. The topological polar surface area (TPSA) is 55.4 Å². The van der Waals surface area contributed by atoms with Gasteiger partial charge in [-0.2, -0.15) is 0 Å². The lowest BCUT2D eigenvalue weighted by molar-refractivity contribution is 0.347. The van der Waals surface area contributed by atoms with Gasteiger partial charge in [-0.1, -0.05) is 20.4 Å². The Morgan fingerprint density at radius 3 is 2.37 bits per heavy atom. The number of ether oxygens (including phenoxy) is 1. The van der Waals surface area contributed by atoms with Crippen molar-refractivity contribution in [3.05, 3.63) is 36.4 Å². The summed E-state index contributed by atoms with van der Waals surface area (Å²) in [6.07, 6.45) is 1.18. The maximum atomic E-state index is 11.3. The third-order valence-corrected chi connectivity index (χ3v) is 3.58. The lowest BCUT2D eigenvalue weighted by Crippen LogP contribution is -2.26. The SMILES string of the molecule is C=C(CNC(C)C)COc1ccc(S(C)(=O)=O)cc1. The van der Waals surface area contributed by atoms with E-state index >= 15 is 0 Å². The van der Waals surface area contributed by atoms with Gasteiger partial charge in [-0.3, -0.25) is 0 Å². The third kappa shape index (κ3) is 5.89. The molecule has 4 nitrogen and oxygen atoms in total. The number of nitrogens with one attached hydrogen (secondary N) is 1. The molecule has 1 aromatic rings. The van der Waals surface area contributed by atoms with E-state index in [1.807, 2.05) is 0 Å². The van der Waals surface area contributed by atoms with Crippen molar-refractivity contribution >= 4 is 9.84 Å². The van der Waals surface area contributed by atoms with Crippen LogP contribution >= 0.6 is 0 Å². The van der Waals surface area contributed by atoms with Gasteiger partial charge < -0.3 is 10.1 Å². The van der Waals surface area contributed by atoms with Gasteiger partial charge in [0.1, 0.15) is 12.4 Å². The van der Waals surface area contributed by atoms with Crippen molar-refractivity contribution in [2.24, 2.45) is 0 Å². The molecule has 5 heteroatoms. The average molecular weight is 283 g/mol. The molecule has 0 aromatic heterocycles. The summed E-state index contributed by atoms with van der Waals surface area (Å²) in [4.78, 5) is 0.292. The summed E-state index contributed by atoms with van der Waals surface area (Å²) < 4.78 is 28.1. The fraction of sp³-hybridized carbons (Fsp3) is 0.429. The van der Waals surface area contributed by atoms with Crippen LogP contribution in [0.1, 0.15) is 13.8 Å². The molecule has 1 aromatic carbocycles. The second-order valence-electron chi connectivity index (χ2n) is 4.82. The molecule has 106 valence electrons. The summed E-state index contributed by atoms with van der Waals surface area (Å²) in [5, 5.41) is 3.25. The fourth-order valence-electron chi connectivity index (χ4n) is 1.37. The van der Waals surface area contributed by atoms with Gasteiger partial charge in [0, 0.05) is 18.8 Å². The third-order valence-electron chi connectivity index (χ3n) is 2.46. The number of hydrogen-bond donors (Lipinski definition) is 1. The predicted molar refractivity (Wildman–Crippen MR) is 77.3 cm³/mol. The Morgan fingerprint density at radius 1 is 1.32 bits per heavy atom. The second-order valence-corrected chi connectivity index (χ2v) is 6.83. The lowest BCUT2D eigenvalue weighted by Gasteiger charge is -2.12. The van der Waals surface area contributed by atoms with Gasteiger partial charge in [-0.15, -0.1) is 0 Å². The molecule has 0 saturated heterocycles. The summed E-state index contributed by atoms with van der Waals surface area (Å²) in [6.45, 7) is 9.17. The molecule has 0 bridgehead atoms. The molecule has 0 amide bonds. The zero-order valence-corrected chi connectivity index (χ0v) is 12.5. The standard InChI is InChI=1S/C14H21NO3S/c1-11(2)15-9-12(3)10-18-13-5-7-14(8-6-13)19(4,16)17/h5-8,11,15H,3,9-10H2,1-2,4H3. The molecule has 0 aliphatic heterocycles. The molecule has 0 atom stereocenters. The highest BCUT2D eigenvalue weighted by molar-refractivity contribution is 7.90. The first kappa shape index (κ1) is 15.7. The highest BCUT2D eigenvalue weighted by Crippen LogP contribution is 2.16. The molecule has 0 aliphatic rings. The number of benzene rings is 1. The van der Waals surface area contributed by atoms with Crippen LogP contribution in [0, 0.1) is 0 Å². The van der Waals surface area contributed by atoms with Crippen LogP contribution < -0.4 is 10.1 Å². The van der Waals surface area contributed by atoms with Crippen molar-refractivity contribution in [3.63, 3.8) is 0 Å². The molecule has 0 radical (unpaired) electrons. The summed E-state index contributed by atoms with van der Waals surface area (Å²) >= 11 is 0. The lowest BCUT2D eigenvalue weighted by atomic mass is 10.3. The van der Waals surface area contributed by atoms with Crippen molar-refractivity contribution in [2.75, 3.05) is 19.4 Å². The van der Waals surface area contributed by atoms with Crippen molar-refractivity contribution < 1.29 is 13.2 Å². The van der Waals surface area contributed by atoms with Crippen LogP contribution in [0.25, 0.3) is 0 Å². The number of hydrogen-bond acceptors (Lipinski definition) is 4. The van der Waals surface area contributed by atoms with Crippen molar-refractivity contribution in [1.29, 1.82) is 0 Å². The van der Waals surface area contributed by atoms with Gasteiger partial charge in [0.2, 0.25) is 0 Å². The van der Waals surface area contributed by atoms with Gasteiger partial charge in [0.05, 0.1) is 4.90 Å². The molecule has 0 heterocycles. The van der Waals surface area contributed by atoms with E-state index in [1.165, 1.54) is 6.26 Å². The quantitative estimate of drug-likeness (QED) is 0.778. The molecule has 19 heavy (non-hydrogen) atoms. The normalized spacial score (nSPS) is 11.6. The first-order chi connectivity index (χ1) is 8.79. The van der Waals surface area contributed by atoms with Crippen molar-refractivity contribution in [1.82, 2.24) is 5.32 Å². The first-order valence-corrected chi connectivity index (χ1v) is 8.01. The zero-order chi connectivity index (χ0) is 14.5. The van der Waals surface area contributed by atoms with Crippen LogP contribution in [0.2, 0.25) is 0 Å². The minimum absolute atomic E-state index is 0.292. The summed E-state index contributed by atoms with van der Waals surface area (Å²) in [5.74, 6) is 0.637. The Bertz CT molecular complexity index is 518. The van der Waals surface area contributed by atoms with Gasteiger partial charge in [-0.25, -0.2) is 8.42 Å². The highest BCUT2D eigenvalue weighted by Gasteiger charge is 2.06. The van der Waals surface area contributed by atoms with Gasteiger partial charge in [0.25, 0.3) is 0 Å². The van der Waals surface area contributed by atoms with Crippen LogP contribution in [-0.4, -0.2) is 33.9 Å². The Kier molecular flexibility index (Phi) is 5.57. The van der Waals surface area contributed by atoms with Gasteiger partial charge in [-0.05, 0) is 29.8 Å². The molecule has 0 saturated carbocycles. The predicted octanol–water partition coefficient (Wildman–Crippen LogP) is 2.02. The smallest absolute Gasteiger partial charge is 0.175 e. The van der Waals surface area contributed by atoms with E-state index < -0.39 is 9.84 Å². The first-order valence-electron chi connectivity index (χ1n) is 6.12. The van der Waals surface area contributed by atoms with Crippen LogP contribution in [0.5, 0.6) is 5.75 Å². The molecule has 0 spiro atoms. The molecule has 1 rings (SSSR count). The minimum atomic E-state index is -3.15. The van der Waals surface area contributed by atoms with Gasteiger partial charge >= 0.3 is 0 Å². The summed E-state index contributed by atoms with van der Waals surface area (Å²) in [5.41, 5.74) is 0.945. The molecule has 0 aliphatic carbocycles. The minimum Gasteiger partial charge on any atom is -0.489 e. The van der Waals surface area contributed by atoms with E-state index in [0.717, 1.165) is 5.57 Å². The van der Waals surface area contributed by atoms with Crippen LogP contribution in [-0.2, 0) is 9.84 Å². The number of sulfone groups is 1. The largest absolute Gasteiger partial charge is 0.489 e. The Morgan fingerprint density at radius 2 is 1.89 bits per heavy atom. The van der Waals surface area contributed by atoms with E-state index in [-0.39, 0.29) is 0 Å². The maximum absolute atomic E-state index is 11.3. The van der Waals surface area contributed by atoms with Crippen molar-refractivity contribution in [3.8, 4) is 5.75 Å². The summed E-state index contributed by atoms with van der Waals surface area (Å²) in [7, 11) is -3.15. The van der Waals surface area contributed by atoms with E-state index in [1.54, 1.807) is 24.3 Å². The van der Waals surface area contributed by atoms with Crippen LogP contribution in [0.3, 0.4) is 0 Å². The van der Waals surface area contributed by atoms with Crippen molar-refractivity contribution in [2.45, 2.75) is 24.8 Å². The fourth-order valence-corrected chi connectivity index (χ4v) is 2.00. The zero-order valence-electron chi connectivity index (χ0n) is 11.6. The molecular formula is C14H21NO3S. The summed E-state index contributed by atoms with van der Waals surface area (Å²) in [6, 6.07) is 6.80. The monoisotopic (exact) mass is 283 g/mol. The van der Waals surface area contributed by atoms with E-state index in [4.69, 9.17) is 4.74 Å². The second kappa shape index (κ2) is 6.73. The Balaban J connectivity index is 2.48. The maximum Gasteiger partial charge on any atom is 0.175 e. The van der Waals surface area contributed by atoms with Gasteiger partial charge in [0.15, 0.2) is 9.84 Å². The molecular weight excluding hydrogens is 262 g/mol. The van der Waals surface area contributed by atoms with E-state index in [2.05, 4.69) is 25.7 Å². The molecule has 0 fully saturated rings. The van der Waals surface area contributed by atoms with E-state index in [0.29, 0.717) is 29.8 Å². The van der Waals surface area contributed by atoms with Crippen LogP contribution in [0.4, 0.5) is 0 Å². The molecule has 1 N–H and O–H groups in total. The van der Waals surface area contributed by atoms with E-state index in [9.17, 15) is 8.42 Å². The highest BCUT2D eigenvalue weighted by atomic mass is 32.2. The number of rotatable bonds is 7. The Hall–Kier alpha value is -1.33.